The molecule has 1 N–H and O–H groups in total. The SMILES string of the molecule is CCc1ccc(C(C)NC(=O)C(CC)N(c2ccc(C)c(C)c2)S(C)(=O)=O)cc1. The van der Waals surface area contributed by atoms with E-state index in [1.54, 1.807) is 6.07 Å². The third-order valence-electron chi connectivity index (χ3n) is 5.32. The molecule has 0 radical (unpaired) electrons. The smallest absolute Gasteiger partial charge is 0.244 e. The number of carbonyl (C=O) groups is 1. The Bertz CT molecular complexity index is 953. The highest BCUT2D eigenvalue weighted by Gasteiger charge is 2.32. The van der Waals surface area contributed by atoms with Gasteiger partial charge in [0.1, 0.15) is 6.04 Å². The standard InChI is InChI=1S/C23H32N2O3S/c1-7-19-10-12-20(13-11-19)18(5)24-23(26)22(8-2)25(29(6,27)28)21-14-9-16(3)17(4)15-21/h9-15,18,22H,7-8H2,1-6H3,(H,24,26). The lowest BCUT2D eigenvalue weighted by molar-refractivity contribution is -0.122. The van der Waals surface area contributed by atoms with Gasteiger partial charge in [-0.3, -0.25) is 9.10 Å². The van der Waals surface area contributed by atoms with Gasteiger partial charge in [-0.05, 0) is 68.0 Å². The van der Waals surface area contributed by atoms with E-state index in [2.05, 4.69) is 12.2 Å². The molecule has 2 unspecified atom stereocenters. The summed E-state index contributed by atoms with van der Waals surface area (Å²) in [7, 11) is -3.64. The van der Waals surface area contributed by atoms with Gasteiger partial charge in [-0.25, -0.2) is 8.42 Å². The summed E-state index contributed by atoms with van der Waals surface area (Å²) < 4.78 is 26.4. The Morgan fingerprint density at radius 2 is 1.66 bits per heavy atom. The summed E-state index contributed by atoms with van der Waals surface area (Å²) in [5.74, 6) is -0.303. The zero-order valence-electron chi connectivity index (χ0n) is 18.2. The van der Waals surface area contributed by atoms with E-state index >= 15 is 0 Å². The molecule has 0 saturated carbocycles. The zero-order valence-corrected chi connectivity index (χ0v) is 19.0. The Hall–Kier alpha value is -2.34. The van der Waals surface area contributed by atoms with E-state index < -0.39 is 16.1 Å². The molecule has 0 fully saturated rings. The Morgan fingerprint density at radius 3 is 2.14 bits per heavy atom. The topological polar surface area (TPSA) is 66.5 Å². The predicted octanol–water partition coefficient (Wildman–Crippen LogP) is 4.29. The molecule has 0 aliphatic carbocycles. The van der Waals surface area contributed by atoms with Crippen molar-refractivity contribution >= 4 is 21.6 Å². The first-order chi connectivity index (χ1) is 13.6. The van der Waals surface area contributed by atoms with Crippen LogP contribution in [0.15, 0.2) is 42.5 Å². The number of benzene rings is 2. The minimum atomic E-state index is -3.64. The maximum absolute atomic E-state index is 13.1. The first-order valence-electron chi connectivity index (χ1n) is 10.0. The molecule has 2 aromatic carbocycles. The van der Waals surface area contributed by atoms with Crippen molar-refractivity contribution in [3.8, 4) is 0 Å². The number of carbonyl (C=O) groups excluding carboxylic acids is 1. The van der Waals surface area contributed by atoms with Crippen molar-refractivity contribution in [1.29, 1.82) is 0 Å². The quantitative estimate of drug-likeness (QED) is 0.698. The van der Waals surface area contributed by atoms with Crippen LogP contribution >= 0.6 is 0 Å². The van der Waals surface area contributed by atoms with Crippen LogP contribution in [0.3, 0.4) is 0 Å². The Labute approximate surface area is 175 Å². The number of aryl methyl sites for hydroxylation is 3. The third kappa shape index (κ3) is 5.60. The molecule has 0 aliphatic heterocycles. The van der Waals surface area contributed by atoms with Crippen molar-refractivity contribution in [2.24, 2.45) is 0 Å². The van der Waals surface area contributed by atoms with Crippen LogP contribution in [-0.2, 0) is 21.2 Å². The van der Waals surface area contributed by atoms with Crippen LogP contribution in [-0.4, -0.2) is 26.6 Å². The van der Waals surface area contributed by atoms with Crippen LogP contribution in [0.4, 0.5) is 5.69 Å². The summed E-state index contributed by atoms with van der Waals surface area (Å²) in [5.41, 5.74) is 4.79. The first-order valence-corrected chi connectivity index (χ1v) is 11.9. The van der Waals surface area contributed by atoms with Crippen LogP contribution < -0.4 is 9.62 Å². The van der Waals surface area contributed by atoms with E-state index in [0.29, 0.717) is 12.1 Å². The van der Waals surface area contributed by atoms with Gasteiger partial charge in [0.05, 0.1) is 18.0 Å². The fraction of sp³-hybridized carbons (Fsp3) is 0.435. The summed E-state index contributed by atoms with van der Waals surface area (Å²) in [6.45, 7) is 9.73. The summed E-state index contributed by atoms with van der Waals surface area (Å²) in [6.07, 6.45) is 2.47. The maximum atomic E-state index is 13.1. The number of hydrogen-bond donors (Lipinski definition) is 1. The summed E-state index contributed by atoms with van der Waals surface area (Å²) in [5, 5.41) is 2.99. The molecule has 1 amide bonds. The second-order valence-corrected chi connectivity index (χ2v) is 9.44. The molecule has 5 nitrogen and oxygen atoms in total. The second kappa shape index (κ2) is 9.44. The van der Waals surface area contributed by atoms with Crippen molar-refractivity contribution in [2.75, 3.05) is 10.6 Å². The van der Waals surface area contributed by atoms with Crippen LogP contribution in [0.25, 0.3) is 0 Å². The molecular weight excluding hydrogens is 384 g/mol. The van der Waals surface area contributed by atoms with E-state index in [1.165, 1.54) is 9.87 Å². The number of sulfonamides is 1. The molecule has 158 valence electrons. The summed E-state index contributed by atoms with van der Waals surface area (Å²) in [6, 6.07) is 12.5. The van der Waals surface area contributed by atoms with Crippen molar-refractivity contribution < 1.29 is 13.2 Å². The minimum absolute atomic E-state index is 0.219. The molecule has 2 atom stereocenters. The molecular formula is C23H32N2O3S. The van der Waals surface area contributed by atoms with E-state index in [4.69, 9.17) is 0 Å². The van der Waals surface area contributed by atoms with Gasteiger partial charge in [0, 0.05) is 0 Å². The molecule has 0 aromatic heterocycles. The van der Waals surface area contributed by atoms with Gasteiger partial charge in [0.2, 0.25) is 15.9 Å². The number of nitrogens with one attached hydrogen (secondary N) is 1. The Balaban J connectivity index is 2.30. The highest BCUT2D eigenvalue weighted by atomic mass is 32.2. The molecule has 6 heteroatoms. The monoisotopic (exact) mass is 416 g/mol. The largest absolute Gasteiger partial charge is 0.348 e. The zero-order chi connectivity index (χ0) is 21.8. The van der Waals surface area contributed by atoms with Gasteiger partial charge in [0.25, 0.3) is 0 Å². The van der Waals surface area contributed by atoms with E-state index in [0.717, 1.165) is 29.4 Å². The van der Waals surface area contributed by atoms with Crippen LogP contribution in [0.5, 0.6) is 0 Å². The number of rotatable bonds is 8. The molecule has 0 spiro atoms. The molecule has 0 heterocycles. The van der Waals surface area contributed by atoms with Gasteiger partial charge < -0.3 is 5.32 Å². The van der Waals surface area contributed by atoms with Crippen LogP contribution in [0, 0.1) is 13.8 Å². The molecule has 0 bridgehead atoms. The lowest BCUT2D eigenvalue weighted by atomic mass is 10.0. The number of hydrogen-bond acceptors (Lipinski definition) is 3. The van der Waals surface area contributed by atoms with E-state index in [-0.39, 0.29) is 11.9 Å². The Morgan fingerprint density at radius 1 is 1.03 bits per heavy atom. The average Bonchev–Trinajstić information content (AvgIpc) is 2.67. The van der Waals surface area contributed by atoms with Crippen molar-refractivity contribution in [3.05, 3.63) is 64.7 Å². The highest BCUT2D eigenvalue weighted by Crippen LogP contribution is 2.25. The molecule has 29 heavy (non-hydrogen) atoms. The van der Waals surface area contributed by atoms with Gasteiger partial charge >= 0.3 is 0 Å². The second-order valence-electron chi connectivity index (χ2n) is 7.58. The average molecular weight is 417 g/mol. The minimum Gasteiger partial charge on any atom is -0.348 e. The third-order valence-corrected chi connectivity index (χ3v) is 6.50. The predicted molar refractivity (Wildman–Crippen MR) is 120 cm³/mol. The fourth-order valence-corrected chi connectivity index (χ4v) is 4.56. The first kappa shape index (κ1) is 22.9. The fourth-order valence-electron chi connectivity index (χ4n) is 3.36. The number of anilines is 1. The molecule has 0 aliphatic rings. The lowest BCUT2D eigenvalue weighted by Gasteiger charge is -2.31. The van der Waals surface area contributed by atoms with Gasteiger partial charge in [-0.2, -0.15) is 0 Å². The normalized spacial score (nSPS) is 13.6. The Kier molecular flexibility index (Phi) is 7.47. The van der Waals surface area contributed by atoms with Gasteiger partial charge in [-0.1, -0.05) is 44.2 Å². The van der Waals surface area contributed by atoms with E-state index in [1.807, 2.05) is 64.1 Å². The molecule has 2 aromatic rings. The summed E-state index contributed by atoms with van der Waals surface area (Å²) in [4.78, 5) is 13.1. The molecule has 0 saturated heterocycles. The van der Waals surface area contributed by atoms with E-state index in [9.17, 15) is 13.2 Å². The highest BCUT2D eigenvalue weighted by molar-refractivity contribution is 7.92. The van der Waals surface area contributed by atoms with Crippen molar-refractivity contribution in [2.45, 2.75) is 59.5 Å². The van der Waals surface area contributed by atoms with Crippen LogP contribution in [0.1, 0.15) is 55.5 Å². The van der Waals surface area contributed by atoms with Crippen molar-refractivity contribution in [3.63, 3.8) is 0 Å². The van der Waals surface area contributed by atoms with Crippen LogP contribution in [0.2, 0.25) is 0 Å². The molecule has 2 rings (SSSR count). The van der Waals surface area contributed by atoms with Gasteiger partial charge in [0.15, 0.2) is 0 Å². The van der Waals surface area contributed by atoms with Gasteiger partial charge in [-0.15, -0.1) is 0 Å². The number of amides is 1. The lowest BCUT2D eigenvalue weighted by Crippen LogP contribution is -2.49. The number of nitrogens with zero attached hydrogens (tertiary/aromatic N) is 1. The maximum Gasteiger partial charge on any atom is 0.244 e. The summed E-state index contributed by atoms with van der Waals surface area (Å²) >= 11 is 0. The van der Waals surface area contributed by atoms with Crippen molar-refractivity contribution in [1.82, 2.24) is 5.32 Å².